The Morgan fingerprint density at radius 2 is 1.01 bits per heavy atom. The molecule has 3 atom stereocenters. The van der Waals surface area contributed by atoms with Crippen LogP contribution in [0.25, 0.3) is 0 Å². The number of carbonyl (C=O) groups excluding carboxylic acids is 9. The molecule has 1 saturated heterocycles. The van der Waals surface area contributed by atoms with Gasteiger partial charge in [0.2, 0.25) is 35.4 Å². The summed E-state index contributed by atoms with van der Waals surface area (Å²) in [4.78, 5) is 123. The zero-order valence-corrected chi connectivity index (χ0v) is 45.9. The molecule has 7 N–H and O–H groups in total. The number of hydrogen-bond donors (Lipinski definition) is 7. The number of hydrogen-bond acceptors (Lipinski definition) is 12. The van der Waals surface area contributed by atoms with Crippen LogP contribution in [0.15, 0.2) is 54.6 Å². The van der Waals surface area contributed by atoms with Crippen LogP contribution in [-0.4, -0.2) is 121 Å². The monoisotopic (exact) mass is 1020 g/mol. The molecule has 20 nitrogen and oxygen atoms in total. The molecule has 1 radical (unpaired) electrons. The molecule has 0 aromatic heterocycles. The number of esters is 1. The number of ether oxygens (including phenoxy) is 2. The first-order chi connectivity index (χ1) is 33.0. The minimum Gasteiger partial charge on any atom is -0.458 e. The summed E-state index contributed by atoms with van der Waals surface area (Å²) in [5, 5.41) is 33.1. The van der Waals surface area contributed by atoms with E-state index < -0.39 is 110 Å². The lowest BCUT2D eigenvalue weighted by Crippen LogP contribution is -2.75. The maximum Gasteiger partial charge on any atom is 0.408 e. The second kappa shape index (κ2) is 22.4. The van der Waals surface area contributed by atoms with Gasteiger partial charge in [0, 0.05) is 28.6 Å². The lowest BCUT2D eigenvalue weighted by Gasteiger charge is -2.55. The Hall–Kier alpha value is -6.41. The topological polar surface area (TPSA) is 279 Å². The van der Waals surface area contributed by atoms with Gasteiger partial charge in [-0.2, -0.15) is 0 Å². The maximum atomic E-state index is 14.7. The van der Waals surface area contributed by atoms with Crippen molar-refractivity contribution in [1.29, 1.82) is 0 Å². The number of nitrogens with one attached hydrogen (secondary N) is 7. The van der Waals surface area contributed by atoms with E-state index in [1.165, 1.54) is 55.4 Å². The molecule has 0 saturated carbocycles. The Bertz CT molecular complexity index is 2380. The fourth-order valence-corrected chi connectivity index (χ4v) is 8.28. The third kappa shape index (κ3) is 16.8. The minimum atomic E-state index is -1.87. The predicted molar refractivity (Wildman–Crippen MR) is 272 cm³/mol. The van der Waals surface area contributed by atoms with Crippen LogP contribution in [0.5, 0.6) is 0 Å². The van der Waals surface area contributed by atoms with Gasteiger partial charge in [-0.1, -0.05) is 54.6 Å². The molecule has 1 aliphatic rings. The van der Waals surface area contributed by atoms with E-state index in [1.807, 2.05) is 0 Å². The zero-order chi connectivity index (χ0) is 56.1. The Labute approximate surface area is 429 Å². The number of alkyl carbamates (subject to hydrolysis) is 1. The highest BCUT2D eigenvalue weighted by atomic mass is 16.6. The van der Waals surface area contributed by atoms with Crippen molar-refractivity contribution >= 4 is 53.3 Å². The molecular weight excluding hydrogens is 941 g/mol. The van der Waals surface area contributed by atoms with Crippen LogP contribution >= 0.6 is 0 Å². The number of carbonyl (C=O) groups is 9. The van der Waals surface area contributed by atoms with Crippen molar-refractivity contribution in [2.24, 2.45) is 0 Å². The fraction of sp³-hybridized carbons (Fsp3) is 0.604. The van der Waals surface area contributed by atoms with Gasteiger partial charge in [0.25, 0.3) is 0 Å². The summed E-state index contributed by atoms with van der Waals surface area (Å²) in [5.74, 6) is -5.73. The minimum absolute atomic E-state index is 0.146. The maximum absolute atomic E-state index is 14.7. The highest BCUT2D eigenvalue weighted by Crippen LogP contribution is 2.43. The van der Waals surface area contributed by atoms with E-state index >= 15 is 0 Å². The summed E-state index contributed by atoms with van der Waals surface area (Å²) in [6.45, 7) is 27.7. The molecule has 403 valence electrons. The van der Waals surface area contributed by atoms with Gasteiger partial charge in [-0.3, -0.25) is 33.6 Å². The zero-order valence-electron chi connectivity index (χ0n) is 45.9. The van der Waals surface area contributed by atoms with E-state index in [-0.39, 0.29) is 25.0 Å². The van der Waals surface area contributed by atoms with Crippen LogP contribution < -0.4 is 37.2 Å². The molecule has 2 aromatic carbocycles. The molecule has 1 heterocycles. The van der Waals surface area contributed by atoms with E-state index in [0.717, 1.165) is 5.06 Å². The smallest absolute Gasteiger partial charge is 0.408 e. The van der Waals surface area contributed by atoms with Crippen molar-refractivity contribution in [3.8, 4) is 0 Å². The van der Waals surface area contributed by atoms with Gasteiger partial charge in [-0.15, -0.1) is 10.3 Å². The second-order valence-corrected chi connectivity index (χ2v) is 23.8. The highest BCUT2D eigenvalue weighted by molar-refractivity contribution is 6.09. The SMILES string of the molecule is C[C@H](NC(=O)C1(NC(=O)C(C)(C)NC(=O)[C@H](Cc2ccc(C(=O)c3ccccc3)cc2)NC(=O)C(C)(C)NC(=O)OC(C)(C)C)CC(C)(C)N([O])C(C)(C)C1)C(=O)NC(C)(C)C(=O)N[C@@H](C)C(=O)OC(C)(C)C. The number of hydroxylamine groups is 2. The number of nitrogens with zero attached hydrogens (tertiary/aromatic N) is 1. The van der Waals surface area contributed by atoms with Crippen LogP contribution in [0.4, 0.5) is 4.79 Å². The van der Waals surface area contributed by atoms with Crippen molar-refractivity contribution in [3.05, 3.63) is 71.3 Å². The van der Waals surface area contributed by atoms with Gasteiger partial charge in [0.05, 0.1) is 0 Å². The van der Waals surface area contributed by atoms with E-state index in [4.69, 9.17) is 9.47 Å². The molecule has 7 amide bonds. The quantitative estimate of drug-likeness (QED) is 0.0816. The fourth-order valence-electron chi connectivity index (χ4n) is 8.28. The summed E-state index contributed by atoms with van der Waals surface area (Å²) in [6, 6.07) is 11.3. The molecule has 0 unspecified atom stereocenters. The van der Waals surface area contributed by atoms with Gasteiger partial charge < -0.3 is 46.7 Å². The summed E-state index contributed by atoms with van der Waals surface area (Å²) >= 11 is 0. The number of ketones is 1. The molecular formula is C53H79N8O12. The van der Waals surface area contributed by atoms with Crippen LogP contribution in [-0.2, 0) is 54.7 Å². The van der Waals surface area contributed by atoms with Crippen molar-refractivity contribution in [2.45, 2.75) is 206 Å². The van der Waals surface area contributed by atoms with Gasteiger partial charge >= 0.3 is 12.1 Å². The standard InChI is InChI=1S/C53H79N8O12/c1-31(38(63)57-50(13,14)41(66)55-32(2)40(65)72-46(3,4)5)54-44(69)53(29-48(9,10)61(71)49(11,12)30-53)59-43(68)52(17,18)58-39(64)36(56-42(67)51(15,16)60-45(70)73-47(6,7)8)28-33-24-26-35(27-25-33)37(62)34-22-20-19-21-23-34/h19-27,31-32,36H,28-30H2,1-18H3,(H,54,69)(H,55,66)(H,56,67)(H,57,63)(H,58,64)(H,59,68)(H,60,70)/t31-,32-,36-/m0/s1. The largest absolute Gasteiger partial charge is 0.458 e. The number of piperidine rings is 1. The van der Waals surface area contributed by atoms with Gasteiger partial charge in [0.15, 0.2) is 5.78 Å². The third-order valence-electron chi connectivity index (χ3n) is 11.9. The molecule has 0 aliphatic carbocycles. The third-order valence-corrected chi connectivity index (χ3v) is 11.9. The average Bonchev–Trinajstić information content (AvgIpc) is 3.23. The lowest BCUT2D eigenvalue weighted by molar-refractivity contribution is -0.295. The van der Waals surface area contributed by atoms with E-state index in [1.54, 1.807) is 124 Å². The van der Waals surface area contributed by atoms with Gasteiger partial charge in [-0.25, -0.2) is 9.59 Å². The van der Waals surface area contributed by atoms with Crippen LogP contribution in [0.2, 0.25) is 0 Å². The molecule has 0 bridgehead atoms. The Balaban J connectivity index is 1.94. The summed E-state index contributed by atoms with van der Waals surface area (Å²) in [5.41, 5.74) is -9.78. The van der Waals surface area contributed by atoms with Gasteiger partial charge in [-0.05, 0) is 143 Å². The van der Waals surface area contributed by atoms with Crippen molar-refractivity contribution in [1.82, 2.24) is 42.3 Å². The molecule has 0 spiro atoms. The van der Waals surface area contributed by atoms with Crippen LogP contribution in [0.1, 0.15) is 159 Å². The molecule has 1 aliphatic heterocycles. The lowest BCUT2D eigenvalue weighted by atomic mass is 9.69. The first-order valence-electron chi connectivity index (χ1n) is 24.3. The average molecular weight is 1020 g/mol. The van der Waals surface area contributed by atoms with Gasteiger partial charge in [0.1, 0.15) is 51.5 Å². The predicted octanol–water partition coefficient (Wildman–Crippen LogP) is 4.24. The summed E-state index contributed by atoms with van der Waals surface area (Å²) in [7, 11) is 0. The van der Waals surface area contributed by atoms with Crippen molar-refractivity contribution < 1.29 is 57.8 Å². The number of benzene rings is 2. The van der Waals surface area contributed by atoms with E-state index in [9.17, 15) is 48.4 Å². The Morgan fingerprint density at radius 1 is 0.562 bits per heavy atom. The van der Waals surface area contributed by atoms with Crippen LogP contribution in [0, 0.1) is 0 Å². The molecule has 20 heteroatoms. The molecule has 1 fully saturated rings. The first kappa shape index (κ1) is 60.9. The highest BCUT2D eigenvalue weighted by Gasteiger charge is 2.58. The normalized spacial score (nSPS) is 17.0. The second-order valence-electron chi connectivity index (χ2n) is 23.8. The number of amides is 7. The molecule has 73 heavy (non-hydrogen) atoms. The summed E-state index contributed by atoms with van der Waals surface area (Å²) in [6.07, 6.45) is -1.53. The molecule has 2 aromatic rings. The Kier molecular flexibility index (Phi) is 18.7. The Morgan fingerprint density at radius 3 is 1.52 bits per heavy atom. The van der Waals surface area contributed by atoms with E-state index in [0.29, 0.717) is 16.7 Å². The summed E-state index contributed by atoms with van der Waals surface area (Å²) < 4.78 is 10.7. The van der Waals surface area contributed by atoms with Crippen molar-refractivity contribution in [3.63, 3.8) is 0 Å². The van der Waals surface area contributed by atoms with Crippen molar-refractivity contribution in [2.75, 3.05) is 0 Å². The van der Waals surface area contributed by atoms with Crippen LogP contribution in [0.3, 0.4) is 0 Å². The van der Waals surface area contributed by atoms with E-state index in [2.05, 4.69) is 37.2 Å². The first-order valence-corrected chi connectivity index (χ1v) is 24.3. The number of rotatable bonds is 18. The molecule has 3 rings (SSSR count).